The number of alkyl halides is 3. The van der Waals surface area contributed by atoms with E-state index >= 15 is 0 Å². The molecule has 2 amide bonds. The van der Waals surface area contributed by atoms with Gasteiger partial charge in [0, 0.05) is 18.5 Å². The lowest BCUT2D eigenvalue weighted by Crippen LogP contribution is -2.47. The summed E-state index contributed by atoms with van der Waals surface area (Å²) in [4.78, 5) is 28.0. The van der Waals surface area contributed by atoms with Crippen LogP contribution in [-0.4, -0.2) is 89.6 Å². The number of hydrogen-bond acceptors (Lipinski definition) is 9. The van der Waals surface area contributed by atoms with E-state index in [4.69, 9.17) is 18.8 Å². The zero-order valence-corrected chi connectivity index (χ0v) is 29.7. The zero-order chi connectivity index (χ0) is 35.5. The second-order valence-electron chi connectivity index (χ2n) is 15.7. The third-order valence-electron chi connectivity index (χ3n) is 9.05. The Morgan fingerprint density at radius 3 is 1.60 bits per heavy atom. The maximum atomic E-state index is 12.5. The van der Waals surface area contributed by atoms with Gasteiger partial charge in [0.15, 0.2) is 0 Å². The molecule has 5 aliphatic rings. The number of carbonyl (C=O) groups is 2. The van der Waals surface area contributed by atoms with Crippen LogP contribution >= 0.6 is 0 Å². The quantitative estimate of drug-likeness (QED) is 0.183. The Morgan fingerprint density at radius 1 is 0.787 bits per heavy atom. The fraction of sp³-hybridized carbons (Fsp3) is 0.806. The minimum atomic E-state index is -5.69. The van der Waals surface area contributed by atoms with E-state index < -0.39 is 45.0 Å². The fourth-order valence-electron chi connectivity index (χ4n) is 6.27. The van der Waals surface area contributed by atoms with Gasteiger partial charge in [-0.1, -0.05) is 6.08 Å². The van der Waals surface area contributed by atoms with Crippen LogP contribution in [0.25, 0.3) is 0 Å². The Morgan fingerprint density at radius 2 is 1.21 bits per heavy atom. The molecule has 266 valence electrons. The number of rotatable bonds is 3. The van der Waals surface area contributed by atoms with Gasteiger partial charge in [0.25, 0.3) is 0 Å². The predicted molar refractivity (Wildman–Crippen MR) is 167 cm³/mol. The molecule has 5 rings (SSSR count). The molecule has 0 aromatic rings. The fourth-order valence-corrected chi connectivity index (χ4v) is 6.77. The average molecular weight is 693 g/mol. The first kappa shape index (κ1) is 37.4. The monoisotopic (exact) mass is 692 g/mol. The van der Waals surface area contributed by atoms with Crippen LogP contribution in [0.5, 0.6) is 0 Å². The van der Waals surface area contributed by atoms with E-state index in [-0.39, 0.29) is 48.7 Å². The molecule has 3 fully saturated rings. The third-order valence-corrected chi connectivity index (χ3v) is 10.1. The van der Waals surface area contributed by atoms with Crippen LogP contribution in [0.3, 0.4) is 0 Å². The molecule has 3 saturated heterocycles. The van der Waals surface area contributed by atoms with Crippen molar-refractivity contribution in [3.05, 3.63) is 23.4 Å². The summed E-state index contributed by atoms with van der Waals surface area (Å²) in [7, 11) is -5.99. The lowest BCUT2D eigenvalue weighted by atomic mass is 9.73. The third kappa shape index (κ3) is 8.41. The maximum absolute atomic E-state index is 12.5. The van der Waals surface area contributed by atoms with Crippen LogP contribution in [0, 0.1) is 0 Å². The summed E-state index contributed by atoms with van der Waals surface area (Å²) in [5.41, 5.74) is -6.14. The van der Waals surface area contributed by atoms with Crippen LogP contribution in [0.2, 0.25) is 0 Å². The van der Waals surface area contributed by atoms with Crippen molar-refractivity contribution >= 4 is 29.4 Å². The van der Waals surface area contributed by atoms with Gasteiger partial charge >= 0.3 is 34.9 Å². The van der Waals surface area contributed by atoms with Gasteiger partial charge < -0.3 is 23.0 Å². The van der Waals surface area contributed by atoms with Crippen LogP contribution in [-0.2, 0) is 33.1 Å². The summed E-state index contributed by atoms with van der Waals surface area (Å²) in [6, 6.07) is -0.684. The number of amides is 2. The molecular formula is C31H48BF3N2O9S. The highest BCUT2D eigenvalue weighted by Crippen LogP contribution is 2.43. The van der Waals surface area contributed by atoms with Gasteiger partial charge in [-0.25, -0.2) is 9.59 Å². The van der Waals surface area contributed by atoms with Crippen molar-refractivity contribution in [2.45, 2.75) is 160 Å². The van der Waals surface area contributed by atoms with Gasteiger partial charge in [-0.05, 0) is 113 Å². The molecule has 0 aromatic heterocycles. The number of ether oxygens (including phenoxy) is 2. The maximum Gasteiger partial charge on any atom is 0.534 e. The highest BCUT2D eigenvalue weighted by molar-refractivity contribution is 7.87. The first-order valence-electron chi connectivity index (χ1n) is 16.0. The van der Waals surface area contributed by atoms with Crippen molar-refractivity contribution in [1.82, 2.24) is 9.80 Å². The average Bonchev–Trinajstić information content (AvgIpc) is 3.38. The highest BCUT2D eigenvalue weighted by atomic mass is 32.2. The van der Waals surface area contributed by atoms with Crippen LogP contribution in [0.4, 0.5) is 22.8 Å². The molecule has 0 N–H and O–H groups in total. The Balaban J connectivity index is 0.000000213. The zero-order valence-electron chi connectivity index (χ0n) is 28.9. The topological polar surface area (TPSA) is 121 Å². The molecule has 11 nitrogen and oxygen atoms in total. The van der Waals surface area contributed by atoms with Crippen molar-refractivity contribution < 1.29 is 54.1 Å². The van der Waals surface area contributed by atoms with Crippen molar-refractivity contribution in [2.75, 3.05) is 0 Å². The van der Waals surface area contributed by atoms with Crippen LogP contribution < -0.4 is 0 Å². The lowest BCUT2D eigenvalue weighted by Gasteiger charge is -2.35. The molecule has 5 aliphatic heterocycles. The van der Waals surface area contributed by atoms with Crippen molar-refractivity contribution in [3.63, 3.8) is 0 Å². The Hall–Kier alpha value is -2.46. The first-order valence-corrected chi connectivity index (χ1v) is 17.4. The molecule has 4 unspecified atom stereocenters. The van der Waals surface area contributed by atoms with Gasteiger partial charge in [0.2, 0.25) is 0 Å². The van der Waals surface area contributed by atoms with E-state index in [1.165, 1.54) is 16.4 Å². The molecule has 16 heteroatoms. The molecule has 47 heavy (non-hydrogen) atoms. The number of carbonyl (C=O) groups excluding carboxylic acids is 2. The molecule has 0 spiro atoms. The van der Waals surface area contributed by atoms with Crippen molar-refractivity contribution in [3.8, 4) is 0 Å². The number of nitrogens with zero attached hydrogens (tertiary/aromatic N) is 2. The normalized spacial score (nSPS) is 28.2. The van der Waals surface area contributed by atoms with Gasteiger partial charge in [0.1, 0.15) is 17.0 Å². The summed E-state index contributed by atoms with van der Waals surface area (Å²) in [6.45, 7) is 19.1. The van der Waals surface area contributed by atoms with E-state index in [9.17, 15) is 31.2 Å². The smallest absolute Gasteiger partial charge is 0.444 e. The second kappa shape index (κ2) is 12.5. The minimum absolute atomic E-state index is 0.0904. The first-order chi connectivity index (χ1) is 21.2. The predicted octanol–water partition coefficient (Wildman–Crippen LogP) is 6.62. The van der Waals surface area contributed by atoms with E-state index in [0.29, 0.717) is 12.8 Å². The SMILES string of the molecule is CC(C)(C)OC(=O)N1C2C=C(B3OC(C)(C)C(C)(C)O3)CC1CC2.CC(C)(C)OC(=O)N1C2C=C(OS(=O)(=O)C(F)(F)F)CC1CC2. The Labute approximate surface area is 276 Å². The molecule has 5 heterocycles. The van der Waals surface area contributed by atoms with E-state index in [2.05, 4.69) is 38.0 Å². The van der Waals surface area contributed by atoms with Gasteiger partial charge in [0.05, 0.1) is 23.3 Å². The Bertz CT molecular complexity index is 1380. The summed E-state index contributed by atoms with van der Waals surface area (Å²) < 4.78 is 86.6. The molecule has 0 aliphatic carbocycles. The van der Waals surface area contributed by atoms with Gasteiger partial charge in [-0.2, -0.15) is 21.6 Å². The standard InChI is InChI=1S/C18H30BNO4.C13H18F3NO5S/c1-16(2,3)22-15(21)20-13-8-9-14(20)11-12(10-13)19-23-17(4,5)18(6,7)24-19;1-12(2,3)21-11(18)17-8-4-5-9(17)7-10(6-8)22-23(19,20)13(14,15)16/h10,13-14H,8-9,11H2,1-7H3;6,8-9H,4-5,7H2,1-3H3. The van der Waals surface area contributed by atoms with Crippen LogP contribution in [0.15, 0.2) is 23.4 Å². The summed E-state index contributed by atoms with van der Waals surface area (Å²) >= 11 is 0. The number of halogens is 3. The van der Waals surface area contributed by atoms with Crippen molar-refractivity contribution in [2.24, 2.45) is 0 Å². The molecular weight excluding hydrogens is 644 g/mol. The van der Waals surface area contributed by atoms with E-state index in [1.54, 1.807) is 20.8 Å². The van der Waals surface area contributed by atoms with Crippen molar-refractivity contribution in [1.29, 1.82) is 0 Å². The Kier molecular flexibility index (Phi) is 9.90. The summed E-state index contributed by atoms with van der Waals surface area (Å²) in [5.74, 6) is -0.283. The number of hydrogen-bond donors (Lipinski definition) is 0. The molecule has 0 saturated carbocycles. The van der Waals surface area contributed by atoms with E-state index in [0.717, 1.165) is 19.3 Å². The summed E-state index contributed by atoms with van der Waals surface area (Å²) in [5, 5.41) is 0. The summed E-state index contributed by atoms with van der Waals surface area (Å²) in [6.07, 6.45) is 6.38. The van der Waals surface area contributed by atoms with E-state index in [1.807, 2.05) is 25.7 Å². The van der Waals surface area contributed by atoms with Crippen LogP contribution in [0.1, 0.15) is 108 Å². The molecule has 0 radical (unpaired) electrons. The second-order valence-corrected chi connectivity index (χ2v) is 17.3. The highest BCUT2D eigenvalue weighted by Gasteiger charge is 2.55. The molecule has 4 atom stereocenters. The lowest BCUT2D eigenvalue weighted by molar-refractivity contribution is -0.0528. The largest absolute Gasteiger partial charge is 0.534 e. The molecule has 0 aromatic carbocycles. The van der Waals surface area contributed by atoms with Gasteiger partial charge in [-0.3, -0.25) is 9.80 Å². The number of fused-ring (bicyclic) bond motifs is 4. The van der Waals surface area contributed by atoms with Gasteiger partial charge in [-0.15, -0.1) is 0 Å². The molecule has 4 bridgehead atoms. The minimum Gasteiger partial charge on any atom is -0.444 e.